The van der Waals surface area contributed by atoms with Crippen LogP contribution in [0.3, 0.4) is 0 Å². The lowest BCUT2D eigenvalue weighted by Crippen LogP contribution is -2.12. The highest BCUT2D eigenvalue weighted by molar-refractivity contribution is 7.19. The van der Waals surface area contributed by atoms with E-state index in [1.165, 1.54) is 17.7 Å². The Kier molecular flexibility index (Phi) is 6.09. The molecule has 3 rings (SSSR count). The van der Waals surface area contributed by atoms with E-state index in [0.717, 1.165) is 11.3 Å². The molecular formula is C18H18N4O5S2. The topological polar surface area (TPSA) is 134 Å². The molecule has 0 spiro atoms. The Bertz CT molecular complexity index is 1110. The van der Waals surface area contributed by atoms with Crippen LogP contribution in [-0.4, -0.2) is 41.0 Å². The van der Waals surface area contributed by atoms with Crippen molar-refractivity contribution < 1.29 is 23.9 Å². The van der Waals surface area contributed by atoms with E-state index in [1.54, 1.807) is 26.2 Å². The molecule has 0 aliphatic heterocycles. The predicted octanol–water partition coefficient (Wildman–Crippen LogP) is 3.26. The van der Waals surface area contributed by atoms with E-state index in [0.29, 0.717) is 32.2 Å². The molecule has 0 saturated heterocycles. The van der Waals surface area contributed by atoms with Crippen LogP contribution < -0.4 is 11.1 Å². The zero-order chi connectivity index (χ0) is 21.1. The van der Waals surface area contributed by atoms with Gasteiger partial charge in [-0.15, -0.1) is 22.7 Å². The van der Waals surface area contributed by atoms with Crippen molar-refractivity contribution in [2.45, 2.75) is 20.8 Å². The Labute approximate surface area is 173 Å². The number of nitrogens with one attached hydrogen (secondary N) is 1. The first-order valence-electron chi connectivity index (χ1n) is 8.65. The fourth-order valence-electron chi connectivity index (χ4n) is 2.72. The molecule has 3 heterocycles. The Balaban J connectivity index is 2.13. The van der Waals surface area contributed by atoms with Gasteiger partial charge in [-0.2, -0.15) is 0 Å². The molecule has 0 saturated carbocycles. The standard InChI is InChI=1S/C18H18N4O5S2/c1-4-26-17(24)9-6-28-15-11(9)14(20-7-21-15)22-16-10(18(25)27-5-2)8(3)12(29-16)13(19)23/h6-7H,4-5H2,1-3H3,(H2,19,23)(H,20,21,22). The highest BCUT2D eigenvalue weighted by Crippen LogP contribution is 2.38. The molecule has 3 aromatic rings. The summed E-state index contributed by atoms with van der Waals surface area (Å²) in [5.74, 6) is -1.43. The van der Waals surface area contributed by atoms with Gasteiger partial charge in [-0.25, -0.2) is 19.6 Å². The van der Waals surface area contributed by atoms with Crippen molar-refractivity contribution in [1.29, 1.82) is 0 Å². The maximum Gasteiger partial charge on any atom is 0.341 e. The summed E-state index contributed by atoms with van der Waals surface area (Å²) in [7, 11) is 0. The summed E-state index contributed by atoms with van der Waals surface area (Å²) in [4.78, 5) is 45.8. The first kappa shape index (κ1) is 20.7. The van der Waals surface area contributed by atoms with E-state index in [9.17, 15) is 14.4 Å². The molecule has 11 heteroatoms. The minimum atomic E-state index is -0.651. The molecule has 0 aromatic carbocycles. The quantitative estimate of drug-likeness (QED) is 0.541. The van der Waals surface area contributed by atoms with Crippen molar-refractivity contribution in [3.63, 3.8) is 0 Å². The number of amides is 1. The number of hydrogen-bond acceptors (Lipinski definition) is 10. The number of carbonyl (C=O) groups excluding carboxylic acids is 3. The number of thiophene rings is 2. The fraction of sp³-hybridized carbons (Fsp3) is 0.278. The molecule has 0 atom stereocenters. The zero-order valence-corrected chi connectivity index (χ0v) is 17.5. The molecule has 0 bridgehead atoms. The third-order valence-electron chi connectivity index (χ3n) is 3.95. The van der Waals surface area contributed by atoms with Crippen LogP contribution in [0.2, 0.25) is 0 Å². The van der Waals surface area contributed by atoms with Crippen molar-refractivity contribution in [3.05, 3.63) is 33.3 Å². The van der Waals surface area contributed by atoms with E-state index >= 15 is 0 Å². The monoisotopic (exact) mass is 434 g/mol. The first-order chi connectivity index (χ1) is 13.9. The van der Waals surface area contributed by atoms with Crippen molar-refractivity contribution in [1.82, 2.24) is 9.97 Å². The van der Waals surface area contributed by atoms with Gasteiger partial charge in [0.2, 0.25) is 0 Å². The molecule has 3 aromatic heterocycles. The lowest BCUT2D eigenvalue weighted by atomic mass is 10.1. The highest BCUT2D eigenvalue weighted by Gasteiger charge is 2.26. The Morgan fingerprint density at radius 2 is 1.83 bits per heavy atom. The minimum Gasteiger partial charge on any atom is -0.462 e. The number of ether oxygens (including phenoxy) is 2. The molecule has 0 unspecified atom stereocenters. The van der Waals surface area contributed by atoms with Gasteiger partial charge in [0.15, 0.2) is 0 Å². The second-order valence-corrected chi connectivity index (χ2v) is 7.62. The molecule has 0 aliphatic rings. The van der Waals surface area contributed by atoms with Gasteiger partial charge in [0.05, 0.1) is 34.6 Å². The minimum absolute atomic E-state index is 0.175. The van der Waals surface area contributed by atoms with Crippen LogP contribution in [0.15, 0.2) is 11.7 Å². The second-order valence-electron chi connectivity index (χ2n) is 5.74. The number of hydrogen-bond donors (Lipinski definition) is 2. The molecule has 0 aliphatic carbocycles. The van der Waals surface area contributed by atoms with Crippen LogP contribution in [0.1, 0.15) is 49.8 Å². The van der Waals surface area contributed by atoms with Gasteiger partial charge in [0.25, 0.3) is 5.91 Å². The Morgan fingerprint density at radius 3 is 2.48 bits per heavy atom. The molecule has 152 valence electrons. The number of nitrogens with two attached hydrogens (primary N) is 1. The summed E-state index contributed by atoms with van der Waals surface area (Å²) in [6.07, 6.45) is 1.34. The van der Waals surface area contributed by atoms with E-state index in [4.69, 9.17) is 15.2 Å². The van der Waals surface area contributed by atoms with Crippen molar-refractivity contribution in [2.24, 2.45) is 5.73 Å². The average Bonchev–Trinajstić information content (AvgIpc) is 3.24. The number of nitrogens with zero attached hydrogens (tertiary/aromatic N) is 2. The van der Waals surface area contributed by atoms with Crippen LogP contribution in [0.4, 0.5) is 10.8 Å². The second kappa shape index (κ2) is 8.53. The van der Waals surface area contributed by atoms with Gasteiger partial charge in [-0.1, -0.05) is 0 Å². The van der Waals surface area contributed by atoms with E-state index in [2.05, 4.69) is 15.3 Å². The van der Waals surface area contributed by atoms with Crippen LogP contribution in [-0.2, 0) is 9.47 Å². The largest absolute Gasteiger partial charge is 0.462 e. The Morgan fingerprint density at radius 1 is 1.14 bits per heavy atom. The third-order valence-corrected chi connectivity index (χ3v) is 6.06. The van der Waals surface area contributed by atoms with Crippen LogP contribution >= 0.6 is 22.7 Å². The number of fused-ring (bicyclic) bond motifs is 1. The van der Waals surface area contributed by atoms with E-state index in [1.807, 2.05) is 0 Å². The van der Waals surface area contributed by atoms with Gasteiger partial charge in [0, 0.05) is 5.38 Å². The highest BCUT2D eigenvalue weighted by atomic mass is 32.1. The molecule has 0 fully saturated rings. The Hall–Kier alpha value is -3.05. The lowest BCUT2D eigenvalue weighted by molar-refractivity contribution is 0.0518. The number of anilines is 2. The zero-order valence-electron chi connectivity index (χ0n) is 15.9. The van der Waals surface area contributed by atoms with Crippen LogP contribution in [0.25, 0.3) is 10.2 Å². The van der Waals surface area contributed by atoms with Crippen molar-refractivity contribution in [2.75, 3.05) is 18.5 Å². The van der Waals surface area contributed by atoms with Gasteiger partial charge in [0.1, 0.15) is 22.0 Å². The molecule has 0 radical (unpaired) electrons. The first-order valence-corrected chi connectivity index (χ1v) is 10.3. The van der Waals surface area contributed by atoms with Gasteiger partial charge in [-0.3, -0.25) is 4.79 Å². The van der Waals surface area contributed by atoms with Crippen molar-refractivity contribution in [3.8, 4) is 0 Å². The van der Waals surface area contributed by atoms with Gasteiger partial charge >= 0.3 is 11.9 Å². The number of esters is 2. The maximum absolute atomic E-state index is 12.5. The number of aromatic nitrogens is 2. The molecule has 3 N–H and O–H groups in total. The normalized spacial score (nSPS) is 10.7. The van der Waals surface area contributed by atoms with Crippen molar-refractivity contribution >= 4 is 61.6 Å². The molecule has 29 heavy (non-hydrogen) atoms. The number of rotatable bonds is 7. The molecule has 1 amide bonds. The summed E-state index contributed by atoms with van der Waals surface area (Å²) in [6.45, 7) is 5.43. The van der Waals surface area contributed by atoms with E-state index < -0.39 is 17.8 Å². The summed E-state index contributed by atoms with van der Waals surface area (Å²) < 4.78 is 10.2. The third kappa shape index (κ3) is 3.91. The summed E-state index contributed by atoms with van der Waals surface area (Å²) in [5, 5.41) is 5.51. The summed E-state index contributed by atoms with van der Waals surface area (Å²) in [6, 6.07) is 0. The van der Waals surface area contributed by atoms with Gasteiger partial charge in [-0.05, 0) is 26.3 Å². The average molecular weight is 434 g/mol. The maximum atomic E-state index is 12.5. The van der Waals surface area contributed by atoms with Crippen LogP contribution in [0.5, 0.6) is 0 Å². The van der Waals surface area contributed by atoms with E-state index in [-0.39, 0.29) is 23.7 Å². The molecule has 9 nitrogen and oxygen atoms in total. The lowest BCUT2D eigenvalue weighted by Gasteiger charge is -2.09. The smallest absolute Gasteiger partial charge is 0.341 e. The summed E-state index contributed by atoms with van der Waals surface area (Å²) in [5.41, 5.74) is 6.38. The fourth-order valence-corrected chi connectivity index (χ4v) is 4.64. The number of carbonyl (C=O) groups is 3. The molecular weight excluding hydrogens is 416 g/mol. The SMILES string of the molecule is CCOC(=O)c1c(Nc2ncnc3scc(C(=O)OCC)c23)sc(C(N)=O)c1C. The summed E-state index contributed by atoms with van der Waals surface area (Å²) >= 11 is 2.29. The van der Waals surface area contributed by atoms with Gasteiger partial charge < -0.3 is 20.5 Å². The number of primary amides is 1. The van der Waals surface area contributed by atoms with Crippen LogP contribution in [0, 0.1) is 6.92 Å². The predicted molar refractivity (Wildman–Crippen MR) is 110 cm³/mol.